The molecule has 3 amide bonds. The van der Waals surface area contributed by atoms with Crippen LogP contribution in [0.3, 0.4) is 0 Å². The molecule has 0 saturated carbocycles. The lowest BCUT2D eigenvalue weighted by molar-refractivity contribution is -0.682. The summed E-state index contributed by atoms with van der Waals surface area (Å²) in [5.41, 5.74) is 4.26. The first kappa shape index (κ1) is 21.8. The van der Waals surface area contributed by atoms with Gasteiger partial charge in [-0.1, -0.05) is 24.0 Å². The standard InChI is InChI=1S/C24H31N6O3/c1-5-18-6-8-19(9-7-18)29-16(2)17(3)30-20-21(25-23(29)30)26(4)24(32)28(22(20)31)11-10-27-12-14-33-15-13-27/h6-9,20H,5,10-15H2,1-4H3/q+1. The lowest BCUT2D eigenvalue weighted by atomic mass is 10.1. The molecule has 5 rings (SSSR count). The van der Waals surface area contributed by atoms with Crippen molar-refractivity contribution in [2.24, 2.45) is 4.99 Å². The van der Waals surface area contributed by atoms with Crippen molar-refractivity contribution in [3.05, 3.63) is 41.2 Å². The molecule has 9 heteroatoms. The van der Waals surface area contributed by atoms with Crippen LogP contribution in [-0.4, -0.2) is 83.5 Å². The number of aryl methyl sites for hydroxylation is 1. The van der Waals surface area contributed by atoms with Crippen LogP contribution in [0.2, 0.25) is 0 Å². The van der Waals surface area contributed by atoms with Crippen molar-refractivity contribution in [3.63, 3.8) is 0 Å². The molecule has 0 N–H and O–H groups in total. The number of aromatic nitrogens is 2. The number of amides is 3. The topological polar surface area (TPSA) is 74.3 Å². The van der Waals surface area contributed by atoms with Crippen molar-refractivity contribution in [2.45, 2.75) is 33.2 Å². The molecule has 9 nitrogen and oxygen atoms in total. The van der Waals surface area contributed by atoms with Crippen LogP contribution in [0.4, 0.5) is 10.7 Å². The number of carbonyl (C=O) groups is 2. The molecular weight excluding hydrogens is 420 g/mol. The van der Waals surface area contributed by atoms with Crippen LogP contribution >= 0.6 is 0 Å². The average Bonchev–Trinajstić information content (AvgIpc) is 3.33. The van der Waals surface area contributed by atoms with Gasteiger partial charge in [-0.15, -0.1) is 0 Å². The molecule has 0 radical (unpaired) electrons. The Bertz CT molecular complexity index is 1130. The fourth-order valence-corrected chi connectivity index (χ4v) is 4.90. The van der Waals surface area contributed by atoms with Gasteiger partial charge in [-0.25, -0.2) is 9.36 Å². The molecular formula is C24H31N6O3+. The molecule has 0 aliphatic carbocycles. The van der Waals surface area contributed by atoms with Gasteiger partial charge >= 0.3 is 12.0 Å². The Labute approximate surface area is 193 Å². The molecule has 2 saturated heterocycles. The molecule has 1 aromatic carbocycles. The number of imide groups is 1. The van der Waals surface area contributed by atoms with E-state index in [-0.39, 0.29) is 11.9 Å². The summed E-state index contributed by atoms with van der Waals surface area (Å²) in [6, 6.07) is 7.46. The van der Waals surface area contributed by atoms with Crippen molar-refractivity contribution < 1.29 is 18.9 Å². The molecule has 2 fully saturated rings. The number of fused-ring (bicyclic) bond motifs is 3. The Balaban J connectivity index is 1.49. The second-order valence-electron chi connectivity index (χ2n) is 8.85. The average molecular weight is 452 g/mol. The van der Waals surface area contributed by atoms with Crippen LogP contribution in [0.15, 0.2) is 29.3 Å². The van der Waals surface area contributed by atoms with Gasteiger partial charge in [0.2, 0.25) is 11.9 Å². The number of likely N-dealkylation sites (N-methyl/N-ethyl adjacent to an activating group) is 1. The van der Waals surface area contributed by atoms with Crippen LogP contribution in [0.5, 0.6) is 0 Å². The monoisotopic (exact) mass is 451 g/mol. The Hall–Kier alpha value is -3.04. The first-order valence-electron chi connectivity index (χ1n) is 11.6. The number of urea groups is 1. The van der Waals surface area contributed by atoms with Gasteiger partial charge in [0.25, 0.3) is 5.91 Å². The maximum atomic E-state index is 13.6. The molecule has 1 aromatic heterocycles. The predicted octanol–water partition coefficient (Wildman–Crippen LogP) is 1.75. The maximum Gasteiger partial charge on any atom is 0.407 e. The zero-order valence-corrected chi connectivity index (χ0v) is 19.7. The summed E-state index contributed by atoms with van der Waals surface area (Å²) in [5.74, 6) is 0.956. The smallest absolute Gasteiger partial charge is 0.379 e. The highest BCUT2D eigenvalue weighted by Gasteiger charge is 2.54. The maximum absolute atomic E-state index is 13.6. The van der Waals surface area contributed by atoms with E-state index in [4.69, 9.17) is 9.73 Å². The van der Waals surface area contributed by atoms with Gasteiger partial charge in [0.1, 0.15) is 17.1 Å². The summed E-state index contributed by atoms with van der Waals surface area (Å²) in [4.78, 5) is 36.7. The number of hydrogen-bond donors (Lipinski definition) is 0. The van der Waals surface area contributed by atoms with Crippen molar-refractivity contribution >= 4 is 23.7 Å². The number of aliphatic imine (C=N–C) groups is 1. The predicted molar refractivity (Wildman–Crippen MR) is 123 cm³/mol. The fourth-order valence-electron chi connectivity index (χ4n) is 4.90. The van der Waals surface area contributed by atoms with Crippen LogP contribution in [0, 0.1) is 13.8 Å². The van der Waals surface area contributed by atoms with Crippen LogP contribution in [-0.2, 0) is 16.0 Å². The molecule has 0 spiro atoms. The second-order valence-corrected chi connectivity index (χ2v) is 8.85. The number of benzene rings is 1. The van der Waals surface area contributed by atoms with E-state index >= 15 is 0 Å². The zero-order chi connectivity index (χ0) is 23.3. The van der Waals surface area contributed by atoms with Gasteiger partial charge in [-0.05, 0) is 38.0 Å². The number of morpholine rings is 1. The lowest BCUT2D eigenvalue weighted by Gasteiger charge is -2.35. The van der Waals surface area contributed by atoms with E-state index in [2.05, 4.69) is 40.7 Å². The minimum atomic E-state index is -0.623. The number of carbonyl (C=O) groups excluding carboxylic acids is 2. The number of ether oxygens (including phenoxy) is 1. The summed E-state index contributed by atoms with van der Waals surface area (Å²) in [5, 5.41) is 0. The van der Waals surface area contributed by atoms with Gasteiger partial charge in [0.05, 0.1) is 13.2 Å². The summed E-state index contributed by atoms with van der Waals surface area (Å²) in [7, 11) is 1.71. The van der Waals surface area contributed by atoms with E-state index in [0.717, 1.165) is 36.6 Å². The third-order valence-electron chi connectivity index (χ3n) is 7.06. The highest BCUT2D eigenvalue weighted by molar-refractivity contribution is 6.19. The van der Waals surface area contributed by atoms with Gasteiger partial charge < -0.3 is 4.74 Å². The molecule has 3 aliphatic heterocycles. The van der Waals surface area contributed by atoms with Crippen molar-refractivity contribution in [2.75, 3.05) is 46.4 Å². The summed E-state index contributed by atoms with van der Waals surface area (Å²) in [6.45, 7) is 10.2. The minimum Gasteiger partial charge on any atom is -0.379 e. The second kappa shape index (κ2) is 8.39. The molecule has 4 heterocycles. The Kier molecular flexibility index (Phi) is 5.54. The largest absolute Gasteiger partial charge is 0.407 e. The summed E-state index contributed by atoms with van der Waals surface area (Å²) < 4.78 is 9.45. The third kappa shape index (κ3) is 3.46. The minimum absolute atomic E-state index is 0.213. The highest BCUT2D eigenvalue weighted by atomic mass is 16.5. The van der Waals surface area contributed by atoms with Gasteiger partial charge in [0, 0.05) is 33.2 Å². The molecule has 1 atom stereocenters. The van der Waals surface area contributed by atoms with Crippen LogP contribution < -0.4 is 4.57 Å². The van der Waals surface area contributed by atoms with E-state index in [1.807, 2.05) is 18.4 Å². The van der Waals surface area contributed by atoms with Crippen molar-refractivity contribution in [3.8, 4) is 5.69 Å². The quantitative estimate of drug-likeness (QED) is 0.650. The van der Waals surface area contributed by atoms with Crippen molar-refractivity contribution in [1.82, 2.24) is 19.3 Å². The lowest BCUT2D eigenvalue weighted by Crippen LogP contribution is -2.64. The SMILES string of the molecule is CCc1ccc(-n2c(C)c(C)[n+]3c2N=C2C3C(=O)N(CCN3CCOCC3)C(=O)N2C)cc1. The summed E-state index contributed by atoms with van der Waals surface area (Å²) in [6.07, 6.45) is 0.975. The van der Waals surface area contributed by atoms with Crippen LogP contribution in [0.25, 0.3) is 5.69 Å². The Morgan fingerprint density at radius 1 is 1.09 bits per heavy atom. The van der Waals surface area contributed by atoms with E-state index in [1.165, 1.54) is 15.4 Å². The highest BCUT2D eigenvalue weighted by Crippen LogP contribution is 2.33. The summed E-state index contributed by atoms with van der Waals surface area (Å²) >= 11 is 0. The van der Waals surface area contributed by atoms with Gasteiger partial charge in [0.15, 0.2) is 0 Å². The van der Waals surface area contributed by atoms with E-state index < -0.39 is 6.04 Å². The number of imidazole rings is 1. The number of nitrogens with zero attached hydrogens (tertiary/aromatic N) is 6. The first-order chi connectivity index (χ1) is 15.9. The Morgan fingerprint density at radius 2 is 1.79 bits per heavy atom. The number of hydrogen-bond acceptors (Lipinski definition) is 5. The number of rotatable bonds is 5. The van der Waals surface area contributed by atoms with E-state index in [1.54, 1.807) is 7.05 Å². The molecule has 3 aliphatic rings. The zero-order valence-electron chi connectivity index (χ0n) is 19.7. The molecule has 33 heavy (non-hydrogen) atoms. The molecule has 174 valence electrons. The number of amidine groups is 1. The first-order valence-corrected chi connectivity index (χ1v) is 11.6. The van der Waals surface area contributed by atoms with Gasteiger partial charge in [-0.2, -0.15) is 4.57 Å². The third-order valence-corrected chi connectivity index (χ3v) is 7.06. The molecule has 2 aromatic rings. The van der Waals surface area contributed by atoms with Gasteiger partial charge in [-0.3, -0.25) is 19.5 Å². The fraction of sp³-hybridized carbons (Fsp3) is 0.500. The Morgan fingerprint density at radius 3 is 2.45 bits per heavy atom. The van der Waals surface area contributed by atoms with Crippen LogP contribution in [0.1, 0.15) is 29.9 Å². The van der Waals surface area contributed by atoms with Crippen molar-refractivity contribution in [1.29, 1.82) is 0 Å². The van der Waals surface area contributed by atoms with E-state index in [0.29, 0.717) is 38.1 Å². The molecule has 1 unspecified atom stereocenters. The van der Waals surface area contributed by atoms with E-state index in [9.17, 15) is 9.59 Å². The molecule has 0 bridgehead atoms. The normalized spacial score (nSPS) is 20.8.